The standard InChI is InChI=1S/C6H13NO5/c7-3-5(10)4(9)2(1-8)12-6(3)11/h2-6,8-11H,1,7H2/t2-,3+,4-,5+,6?/m1/s1. The molecule has 0 aromatic rings. The molecule has 1 rings (SSSR count). The molecule has 1 unspecified atom stereocenters. The highest BCUT2D eigenvalue weighted by atomic mass is 16.6. The van der Waals surface area contributed by atoms with E-state index < -0.39 is 37.3 Å². The van der Waals surface area contributed by atoms with E-state index in [0.29, 0.717) is 0 Å². The van der Waals surface area contributed by atoms with Crippen molar-refractivity contribution in [2.75, 3.05) is 6.61 Å². The second kappa shape index (κ2) is 3.65. The summed E-state index contributed by atoms with van der Waals surface area (Å²) in [6.07, 6.45) is -4.85. The molecule has 12 heavy (non-hydrogen) atoms. The average molecular weight is 179 g/mol. The summed E-state index contributed by atoms with van der Waals surface area (Å²) in [6, 6.07) is -1.04. The highest BCUT2D eigenvalue weighted by Crippen LogP contribution is 2.17. The first kappa shape index (κ1) is 9.85. The molecule has 72 valence electrons. The number of rotatable bonds is 1. The molecule has 0 spiro atoms. The van der Waals surface area contributed by atoms with Gasteiger partial charge in [-0.05, 0) is 0 Å². The normalized spacial score (nSPS) is 49.2. The van der Waals surface area contributed by atoms with Crippen LogP contribution >= 0.6 is 0 Å². The molecule has 6 N–H and O–H groups in total. The molecule has 0 bridgehead atoms. The predicted molar refractivity (Wildman–Crippen MR) is 38.0 cm³/mol. The molecule has 0 aromatic heterocycles. The minimum atomic E-state index is -1.35. The predicted octanol–water partition coefficient (Wildman–Crippen LogP) is -3.25. The molecule has 1 fully saturated rings. The number of nitrogens with two attached hydrogens (primary N) is 1. The Balaban J connectivity index is 2.63. The van der Waals surface area contributed by atoms with Gasteiger partial charge in [0.2, 0.25) is 0 Å². The van der Waals surface area contributed by atoms with E-state index in [1.54, 1.807) is 0 Å². The summed E-state index contributed by atoms with van der Waals surface area (Å²) in [4.78, 5) is 0. The van der Waals surface area contributed by atoms with Crippen LogP contribution in [0.2, 0.25) is 0 Å². The van der Waals surface area contributed by atoms with E-state index in [-0.39, 0.29) is 0 Å². The number of hydrogen-bond acceptors (Lipinski definition) is 6. The summed E-state index contributed by atoms with van der Waals surface area (Å²) >= 11 is 0. The van der Waals surface area contributed by atoms with E-state index in [1.165, 1.54) is 0 Å². The summed E-state index contributed by atoms with van der Waals surface area (Å²) in [6.45, 7) is -0.470. The topological polar surface area (TPSA) is 116 Å². The third kappa shape index (κ3) is 1.58. The molecule has 1 heterocycles. The quantitative estimate of drug-likeness (QED) is 0.288. The van der Waals surface area contributed by atoms with Crippen LogP contribution in [-0.4, -0.2) is 57.7 Å². The highest BCUT2D eigenvalue weighted by molar-refractivity contribution is 4.90. The van der Waals surface area contributed by atoms with Gasteiger partial charge in [0.15, 0.2) is 6.29 Å². The molecule has 1 aliphatic heterocycles. The van der Waals surface area contributed by atoms with E-state index in [1.807, 2.05) is 0 Å². The molecule has 1 aliphatic rings. The van der Waals surface area contributed by atoms with Crippen LogP contribution in [0.5, 0.6) is 0 Å². The number of ether oxygens (including phenoxy) is 1. The van der Waals surface area contributed by atoms with Gasteiger partial charge in [-0.3, -0.25) is 0 Å². The molecule has 1 saturated heterocycles. The molecule has 0 radical (unpaired) electrons. The van der Waals surface area contributed by atoms with Crippen LogP contribution in [0.3, 0.4) is 0 Å². The minimum Gasteiger partial charge on any atom is -0.394 e. The fourth-order valence-corrected chi connectivity index (χ4v) is 1.12. The van der Waals surface area contributed by atoms with E-state index in [0.717, 1.165) is 0 Å². The van der Waals surface area contributed by atoms with Crippen LogP contribution < -0.4 is 5.73 Å². The zero-order valence-corrected chi connectivity index (χ0v) is 6.37. The Labute approximate surface area is 69.2 Å². The summed E-state index contributed by atoms with van der Waals surface area (Å²) in [7, 11) is 0. The van der Waals surface area contributed by atoms with Crippen LogP contribution in [0.15, 0.2) is 0 Å². The van der Waals surface area contributed by atoms with Gasteiger partial charge >= 0.3 is 0 Å². The lowest BCUT2D eigenvalue weighted by Gasteiger charge is -2.38. The van der Waals surface area contributed by atoms with Crippen molar-refractivity contribution in [2.45, 2.75) is 30.6 Å². The summed E-state index contributed by atoms with van der Waals surface area (Å²) in [5.74, 6) is 0. The van der Waals surface area contributed by atoms with E-state index in [4.69, 9.17) is 20.7 Å². The van der Waals surface area contributed by atoms with Gasteiger partial charge in [-0.25, -0.2) is 0 Å². The Morgan fingerprint density at radius 2 is 1.75 bits per heavy atom. The number of aliphatic hydroxyl groups excluding tert-OH is 4. The van der Waals surface area contributed by atoms with Crippen molar-refractivity contribution < 1.29 is 25.2 Å². The molecule has 0 saturated carbocycles. The van der Waals surface area contributed by atoms with E-state index >= 15 is 0 Å². The van der Waals surface area contributed by atoms with Crippen LogP contribution in [0.4, 0.5) is 0 Å². The van der Waals surface area contributed by atoms with Crippen molar-refractivity contribution >= 4 is 0 Å². The number of aliphatic hydroxyl groups is 4. The molecule has 0 amide bonds. The fraction of sp³-hybridized carbons (Fsp3) is 1.00. The lowest BCUT2D eigenvalue weighted by Crippen LogP contribution is -2.61. The molecule has 6 nitrogen and oxygen atoms in total. The maximum Gasteiger partial charge on any atom is 0.173 e. The third-order valence-electron chi connectivity index (χ3n) is 1.95. The van der Waals surface area contributed by atoms with Gasteiger partial charge < -0.3 is 30.9 Å². The Kier molecular flexibility index (Phi) is 2.99. The maximum atomic E-state index is 9.20. The Bertz CT molecular complexity index is 150. The molecular weight excluding hydrogens is 166 g/mol. The van der Waals surface area contributed by atoms with Crippen molar-refractivity contribution in [1.29, 1.82) is 0 Å². The van der Waals surface area contributed by atoms with Crippen molar-refractivity contribution in [2.24, 2.45) is 5.73 Å². The van der Waals surface area contributed by atoms with Crippen molar-refractivity contribution in [3.05, 3.63) is 0 Å². The SMILES string of the molecule is N[C@@H]1C(O)O[C@H](CO)[C@@H](O)[C@H]1O. The molecule has 0 aliphatic carbocycles. The van der Waals surface area contributed by atoms with Crippen LogP contribution in [-0.2, 0) is 4.74 Å². The van der Waals surface area contributed by atoms with Gasteiger partial charge in [0, 0.05) is 0 Å². The van der Waals surface area contributed by atoms with Gasteiger partial charge in [0.1, 0.15) is 18.3 Å². The van der Waals surface area contributed by atoms with Gasteiger partial charge in [-0.15, -0.1) is 0 Å². The molecular formula is C6H13NO5. The van der Waals surface area contributed by atoms with Crippen molar-refractivity contribution in [3.63, 3.8) is 0 Å². The van der Waals surface area contributed by atoms with Crippen molar-refractivity contribution in [3.8, 4) is 0 Å². The largest absolute Gasteiger partial charge is 0.394 e. The maximum absolute atomic E-state index is 9.20. The molecule has 5 atom stereocenters. The van der Waals surface area contributed by atoms with Crippen LogP contribution in [0, 0.1) is 0 Å². The summed E-state index contributed by atoms with van der Waals surface area (Å²) in [5, 5.41) is 36.1. The average Bonchev–Trinajstić information content (AvgIpc) is 2.08. The van der Waals surface area contributed by atoms with Crippen LogP contribution in [0.1, 0.15) is 0 Å². The highest BCUT2D eigenvalue weighted by Gasteiger charge is 2.41. The van der Waals surface area contributed by atoms with E-state index in [2.05, 4.69) is 0 Å². The molecule has 0 aromatic carbocycles. The zero-order chi connectivity index (χ0) is 9.30. The Hall–Kier alpha value is -0.240. The lowest BCUT2D eigenvalue weighted by atomic mass is 9.98. The van der Waals surface area contributed by atoms with Gasteiger partial charge in [-0.1, -0.05) is 0 Å². The summed E-state index contributed by atoms with van der Waals surface area (Å²) in [5.41, 5.74) is 5.26. The fourth-order valence-electron chi connectivity index (χ4n) is 1.12. The minimum absolute atomic E-state index is 0.470. The smallest absolute Gasteiger partial charge is 0.173 e. The lowest BCUT2D eigenvalue weighted by molar-refractivity contribution is -0.248. The Morgan fingerprint density at radius 3 is 2.25 bits per heavy atom. The first-order valence-corrected chi connectivity index (χ1v) is 3.64. The zero-order valence-electron chi connectivity index (χ0n) is 6.37. The van der Waals surface area contributed by atoms with Crippen LogP contribution in [0.25, 0.3) is 0 Å². The number of hydrogen-bond donors (Lipinski definition) is 5. The third-order valence-corrected chi connectivity index (χ3v) is 1.95. The van der Waals surface area contributed by atoms with Gasteiger partial charge in [0.05, 0.1) is 12.6 Å². The van der Waals surface area contributed by atoms with E-state index in [9.17, 15) is 10.2 Å². The second-order valence-corrected chi connectivity index (χ2v) is 2.81. The Morgan fingerprint density at radius 1 is 1.17 bits per heavy atom. The van der Waals surface area contributed by atoms with Gasteiger partial charge in [-0.2, -0.15) is 0 Å². The van der Waals surface area contributed by atoms with Gasteiger partial charge in [0.25, 0.3) is 0 Å². The monoisotopic (exact) mass is 179 g/mol. The summed E-state index contributed by atoms with van der Waals surface area (Å²) < 4.78 is 4.70. The van der Waals surface area contributed by atoms with Crippen molar-refractivity contribution in [1.82, 2.24) is 0 Å². The second-order valence-electron chi connectivity index (χ2n) is 2.81. The first-order valence-electron chi connectivity index (χ1n) is 3.64. The molecule has 6 heteroatoms. The first-order chi connectivity index (χ1) is 5.57.